The van der Waals surface area contributed by atoms with Gasteiger partial charge in [0.25, 0.3) is 0 Å². The third-order valence-corrected chi connectivity index (χ3v) is 3.20. The highest BCUT2D eigenvalue weighted by Crippen LogP contribution is 2.14. The first-order valence-electron chi connectivity index (χ1n) is 6.29. The number of hydrogen-bond acceptors (Lipinski definition) is 5. The lowest BCUT2D eigenvalue weighted by atomic mass is 10.3. The van der Waals surface area contributed by atoms with E-state index in [0.29, 0.717) is 0 Å². The summed E-state index contributed by atoms with van der Waals surface area (Å²) in [6, 6.07) is 0. The zero-order chi connectivity index (χ0) is 12.5. The Morgan fingerprint density at radius 1 is 1.06 bits per heavy atom. The molecule has 0 spiro atoms. The summed E-state index contributed by atoms with van der Waals surface area (Å²) in [4.78, 5) is 2.38. The molecule has 2 unspecified atom stereocenters. The van der Waals surface area contributed by atoms with Crippen molar-refractivity contribution in [3.8, 4) is 0 Å². The minimum absolute atomic E-state index is 0.216. The fourth-order valence-corrected chi connectivity index (χ4v) is 2.16. The highest BCUT2D eigenvalue weighted by Gasteiger charge is 2.32. The van der Waals surface area contributed by atoms with Gasteiger partial charge in [0.15, 0.2) is 0 Å². The quantitative estimate of drug-likeness (QED) is 0.578. The van der Waals surface area contributed by atoms with E-state index in [2.05, 4.69) is 10.2 Å². The molecule has 0 bridgehead atoms. The third-order valence-electron chi connectivity index (χ3n) is 3.20. The summed E-state index contributed by atoms with van der Waals surface area (Å²) in [5, 5.41) is 3.41. The largest absolute Gasteiger partial charge is 0.385 e. The second-order valence-electron chi connectivity index (χ2n) is 4.40. The van der Waals surface area contributed by atoms with Crippen molar-refractivity contribution in [3.05, 3.63) is 0 Å². The maximum atomic E-state index is 5.40. The van der Waals surface area contributed by atoms with Crippen molar-refractivity contribution in [2.75, 3.05) is 60.7 Å². The average molecular weight is 246 g/mol. The van der Waals surface area contributed by atoms with Gasteiger partial charge in [0.1, 0.15) is 0 Å². The Balaban J connectivity index is 2.04. The maximum absolute atomic E-state index is 5.40. The van der Waals surface area contributed by atoms with Gasteiger partial charge in [-0.1, -0.05) is 0 Å². The van der Waals surface area contributed by atoms with Crippen LogP contribution in [0.1, 0.15) is 6.42 Å². The molecule has 0 aliphatic carbocycles. The summed E-state index contributed by atoms with van der Waals surface area (Å²) in [5.74, 6) is 0. The lowest BCUT2D eigenvalue weighted by Gasteiger charge is -2.15. The second kappa shape index (κ2) is 8.83. The van der Waals surface area contributed by atoms with E-state index in [-0.39, 0.29) is 12.2 Å². The van der Waals surface area contributed by atoms with Crippen LogP contribution in [0.25, 0.3) is 0 Å². The molecule has 2 atom stereocenters. The van der Waals surface area contributed by atoms with E-state index < -0.39 is 0 Å². The Labute approximate surface area is 104 Å². The molecule has 17 heavy (non-hydrogen) atoms. The van der Waals surface area contributed by atoms with Crippen molar-refractivity contribution in [1.29, 1.82) is 0 Å². The van der Waals surface area contributed by atoms with E-state index in [0.717, 1.165) is 45.8 Å². The molecule has 0 aromatic heterocycles. The van der Waals surface area contributed by atoms with Gasteiger partial charge in [-0.05, 0) is 13.0 Å². The molecule has 0 amide bonds. The number of nitrogens with zero attached hydrogens (tertiary/aromatic N) is 1. The van der Waals surface area contributed by atoms with Crippen LogP contribution in [0.5, 0.6) is 0 Å². The summed E-state index contributed by atoms with van der Waals surface area (Å²) < 4.78 is 15.8. The average Bonchev–Trinajstić information content (AvgIpc) is 2.76. The number of nitrogens with one attached hydrogen (secondary N) is 1. The Morgan fingerprint density at radius 3 is 2.24 bits per heavy atom. The van der Waals surface area contributed by atoms with E-state index >= 15 is 0 Å². The van der Waals surface area contributed by atoms with Gasteiger partial charge in [-0.3, -0.25) is 4.90 Å². The van der Waals surface area contributed by atoms with Crippen LogP contribution in [0.2, 0.25) is 0 Å². The van der Waals surface area contributed by atoms with E-state index in [1.807, 2.05) is 0 Å². The van der Waals surface area contributed by atoms with E-state index in [4.69, 9.17) is 14.2 Å². The fourth-order valence-electron chi connectivity index (χ4n) is 2.16. The van der Waals surface area contributed by atoms with E-state index in [1.54, 1.807) is 21.3 Å². The van der Waals surface area contributed by atoms with Crippen molar-refractivity contribution in [3.63, 3.8) is 0 Å². The summed E-state index contributed by atoms with van der Waals surface area (Å²) in [6.07, 6.45) is 1.50. The normalized spacial score (nSPS) is 25.6. The molecule has 0 saturated carbocycles. The molecule has 1 heterocycles. The molecule has 0 radical (unpaired) electrons. The number of ether oxygens (including phenoxy) is 3. The molecule has 1 N–H and O–H groups in total. The number of likely N-dealkylation sites (tertiary alicyclic amines) is 1. The molecule has 102 valence electrons. The zero-order valence-electron chi connectivity index (χ0n) is 11.3. The lowest BCUT2D eigenvalue weighted by Crippen LogP contribution is -2.32. The minimum Gasteiger partial charge on any atom is -0.385 e. The van der Waals surface area contributed by atoms with Gasteiger partial charge >= 0.3 is 0 Å². The monoisotopic (exact) mass is 246 g/mol. The van der Waals surface area contributed by atoms with Crippen LogP contribution in [-0.2, 0) is 14.2 Å². The molecular formula is C12H26N2O3. The van der Waals surface area contributed by atoms with Gasteiger partial charge < -0.3 is 19.5 Å². The number of hydrogen-bond donors (Lipinski definition) is 1. The standard InChI is InChI=1S/C12H26N2O3/c1-15-8-4-5-13-6-7-14-9-11(16-2)12(10-14)17-3/h11-13H,4-10H2,1-3H3. The van der Waals surface area contributed by atoms with Crippen LogP contribution in [0.4, 0.5) is 0 Å². The first-order valence-corrected chi connectivity index (χ1v) is 6.29. The topological polar surface area (TPSA) is 43.0 Å². The number of methoxy groups -OCH3 is 3. The Kier molecular flexibility index (Phi) is 7.72. The van der Waals surface area contributed by atoms with Gasteiger partial charge in [-0.15, -0.1) is 0 Å². The van der Waals surface area contributed by atoms with E-state index in [1.165, 1.54) is 0 Å². The van der Waals surface area contributed by atoms with Gasteiger partial charge in [-0.25, -0.2) is 0 Å². The summed E-state index contributed by atoms with van der Waals surface area (Å²) in [5.41, 5.74) is 0. The van der Waals surface area contributed by atoms with Crippen LogP contribution < -0.4 is 5.32 Å². The summed E-state index contributed by atoms with van der Waals surface area (Å²) in [6.45, 7) is 5.84. The van der Waals surface area contributed by atoms with Crippen LogP contribution in [-0.4, -0.2) is 77.8 Å². The van der Waals surface area contributed by atoms with Gasteiger partial charge in [-0.2, -0.15) is 0 Å². The molecule has 1 saturated heterocycles. The van der Waals surface area contributed by atoms with Crippen molar-refractivity contribution in [1.82, 2.24) is 10.2 Å². The van der Waals surface area contributed by atoms with Gasteiger partial charge in [0, 0.05) is 54.1 Å². The Morgan fingerprint density at radius 2 is 1.71 bits per heavy atom. The van der Waals surface area contributed by atoms with Crippen molar-refractivity contribution < 1.29 is 14.2 Å². The first-order chi connectivity index (χ1) is 8.31. The van der Waals surface area contributed by atoms with Gasteiger partial charge in [0.2, 0.25) is 0 Å². The SMILES string of the molecule is COCCCNCCN1CC(OC)C(OC)C1. The van der Waals surface area contributed by atoms with Crippen LogP contribution in [0.3, 0.4) is 0 Å². The summed E-state index contributed by atoms with van der Waals surface area (Å²) in [7, 11) is 5.24. The summed E-state index contributed by atoms with van der Waals surface area (Å²) >= 11 is 0. The molecule has 1 rings (SSSR count). The van der Waals surface area contributed by atoms with E-state index in [9.17, 15) is 0 Å². The molecule has 1 aliphatic heterocycles. The molecular weight excluding hydrogens is 220 g/mol. The smallest absolute Gasteiger partial charge is 0.0971 e. The fraction of sp³-hybridized carbons (Fsp3) is 1.00. The third kappa shape index (κ3) is 5.31. The van der Waals surface area contributed by atoms with Crippen LogP contribution >= 0.6 is 0 Å². The van der Waals surface area contributed by atoms with Crippen molar-refractivity contribution in [2.24, 2.45) is 0 Å². The predicted octanol–water partition coefficient (Wildman–Crippen LogP) is -0.0419. The molecule has 5 nitrogen and oxygen atoms in total. The molecule has 1 fully saturated rings. The maximum Gasteiger partial charge on any atom is 0.0971 e. The van der Waals surface area contributed by atoms with Crippen LogP contribution in [0.15, 0.2) is 0 Å². The van der Waals surface area contributed by atoms with Crippen molar-refractivity contribution >= 4 is 0 Å². The lowest BCUT2D eigenvalue weighted by molar-refractivity contribution is -0.00461. The molecule has 0 aromatic rings. The zero-order valence-corrected chi connectivity index (χ0v) is 11.3. The second-order valence-corrected chi connectivity index (χ2v) is 4.40. The number of rotatable bonds is 9. The van der Waals surface area contributed by atoms with Gasteiger partial charge in [0.05, 0.1) is 12.2 Å². The predicted molar refractivity (Wildman–Crippen MR) is 67.4 cm³/mol. The van der Waals surface area contributed by atoms with Crippen molar-refractivity contribution in [2.45, 2.75) is 18.6 Å². The molecule has 0 aromatic carbocycles. The highest BCUT2D eigenvalue weighted by atomic mass is 16.5. The highest BCUT2D eigenvalue weighted by molar-refractivity contribution is 4.85. The molecule has 5 heteroatoms. The Bertz CT molecular complexity index is 181. The van der Waals surface area contributed by atoms with Crippen LogP contribution in [0, 0.1) is 0 Å². The minimum atomic E-state index is 0.216. The Hall–Kier alpha value is -0.200. The molecule has 1 aliphatic rings. The first kappa shape index (κ1) is 14.9.